The summed E-state index contributed by atoms with van der Waals surface area (Å²) in [5, 5.41) is 12.1. The fraction of sp³-hybridized carbons (Fsp3) is 0.500. The van der Waals surface area contributed by atoms with E-state index >= 15 is 0 Å². The van der Waals surface area contributed by atoms with Gasteiger partial charge in [0.2, 0.25) is 10.0 Å². The smallest absolute Gasteiger partial charge is 0.329 e. The highest BCUT2D eigenvalue weighted by Crippen LogP contribution is 2.35. The number of nitrogens with one attached hydrogen (secondary N) is 1. The van der Waals surface area contributed by atoms with Crippen LogP contribution in [0.15, 0.2) is 23.2 Å². The minimum absolute atomic E-state index is 0.0750. The summed E-state index contributed by atoms with van der Waals surface area (Å²) in [4.78, 5) is 15.3. The molecule has 1 aliphatic carbocycles. The molecule has 2 rings (SSSR count). The number of sulfonamides is 1. The summed E-state index contributed by atoms with van der Waals surface area (Å²) >= 11 is 0. The van der Waals surface area contributed by atoms with Crippen LogP contribution in [0.25, 0.3) is 0 Å². The van der Waals surface area contributed by atoms with E-state index < -0.39 is 21.5 Å². The van der Waals surface area contributed by atoms with E-state index in [1.54, 1.807) is 0 Å². The van der Waals surface area contributed by atoms with Gasteiger partial charge < -0.3 is 10.4 Å². The lowest BCUT2D eigenvalue weighted by Crippen LogP contribution is -2.52. The van der Waals surface area contributed by atoms with Crippen molar-refractivity contribution in [1.29, 1.82) is 0 Å². The molecule has 0 aliphatic heterocycles. The Balaban J connectivity index is 2.19. The molecule has 0 unspecified atom stereocenters. The molecule has 1 aliphatic rings. The van der Waals surface area contributed by atoms with Gasteiger partial charge in [0.15, 0.2) is 0 Å². The molecule has 20 heavy (non-hydrogen) atoms. The van der Waals surface area contributed by atoms with Crippen molar-refractivity contribution in [1.82, 2.24) is 9.29 Å². The highest BCUT2D eigenvalue weighted by atomic mass is 32.2. The van der Waals surface area contributed by atoms with Gasteiger partial charge in [-0.3, -0.25) is 0 Å². The summed E-state index contributed by atoms with van der Waals surface area (Å²) in [5.74, 6) is -0.541. The Morgan fingerprint density at radius 2 is 2.05 bits per heavy atom. The van der Waals surface area contributed by atoms with Gasteiger partial charge in [-0.25, -0.2) is 22.5 Å². The van der Waals surface area contributed by atoms with E-state index in [0.29, 0.717) is 18.7 Å². The molecule has 0 amide bonds. The van der Waals surface area contributed by atoms with Crippen molar-refractivity contribution in [3.63, 3.8) is 0 Å². The Bertz CT molecular complexity index is 606. The van der Waals surface area contributed by atoms with E-state index in [-0.39, 0.29) is 4.90 Å². The van der Waals surface area contributed by atoms with Crippen molar-refractivity contribution >= 4 is 21.8 Å². The Hall–Kier alpha value is -1.67. The van der Waals surface area contributed by atoms with Gasteiger partial charge in [-0.2, -0.15) is 0 Å². The fourth-order valence-corrected chi connectivity index (χ4v) is 2.83. The molecule has 1 saturated carbocycles. The van der Waals surface area contributed by atoms with Gasteiger partial charge in [0.05, 0.1) is 0 Å². The predicted octanol–water partition coefficient (Wildman–Crippen LogP) is 0.751. The SMILES string of the molecule is CN(C)S(=O)(=O)c1ccc(NC2(C(=O)O)CCC2)nc1. The Morgan fingerprint density at radius 3 is 2.40 bits per heavy atom. The number of carbonyl (C=O) groups is 1. The molecule has 1 aromatic rings. The Morgan fingerprint density at radius 1 is 1.40 bits per heavy atom. The third-order valence-electron chi connectivity index (χ3n) is 3.50. The standard InChI is InChI=1S/C12H17N3O4S/c1-15(2)20(18,19)9-4-5-10(13-8-9)14-12(11(16)17)6-3-7-12/h4-5,8H,3,6-7H2,1-2H3,(H,13,14)(H,16,17). The lowest BCUT2D eigenvalue weighted by molar-refractivity contribution is -0.145. The van der Waals surface area contributed by atoms with Gasteiger partial charge in [-0.1, -0.05) is 0 Å². The molecule has 1 aromatic heterocycles. The number of hydrogen-bond acceptors (Lipinski definition) is 5. The monoisotopic (exact) mass is 299 g/mol. The number of carboxylic acids is 1. The minimum atomic E-state index is -3.52. The van der Waals surface area contributed by atoms with Crippen molar-refractivity contribution in [3.05, 3.63) is 18.3 Å². The number of rotatable bonds is 5. The molecule has 0 bridgehead atoms. The van der Waals surface area contributed by atoms with Gasteiger partial charge in [0, 0.05) is 20.3 Å². The second kappa shape index (κ2) is 5.02. The zero-order valence-corrected chi connectivity index (χ0v) is 12.1. The number of aromatic nitrogens is 1. The van der Waals surface area contributed by atoms with Crippen molar-refractivity contribution in [2.45, 2.75) is 29.7 Å². The van der Waals surface area contributed by atoms with Crippen molar-refractivity contribution in [3.8, 4) is 0 Å². The second-order valence-corrected chi connectivity index (χ2v) is 7.18. The van der Waals surface area contributed by atoms with E-state index in [4.69, 9.17) is 0 Å². The Kier molecular flexibility index (Phi) is 3.70. The van der Waals surface area contributed by atoms with Crippen LogP contribution in [0.5, 0.6) is 0 Å². The molecule has 0 aromatic carbocycles. The topological polar surface area (TPSA) is 99.6 Å². The fourth-order valence-electron chi connectivity index (χ4n) is 1.99. The molecule has 110 valence electrons. The third kappa shape index (κ3) is 2.48. The third-order valence-corrected chi connectivity index (χ3v) is 5.30. The normalized spacial score (nSPS) is 17.6. The maximum Gasteiger partial charge on any atom is 0.329 e. The van der Waals surface area contributed by atoms with Gasteiger partial charge in [0.1, 0.15) is 16.3 Å². The molecule has 7 nitrogen and oxygen atoms in total. The molecule has 0 atom stereocenters. The highest BCUT2D eigenvalue weighted by Gasteiger charge is 2.44. The largest absolute Gasteiger partial charge is 0.480 e. The van der Waals surface area contributed by atoms with Crippen LogP contribution in [0.4, 0.5) is 5.82 Å². The van der Waals surface area contributed by atoms with Crippen LogP contribution in [-0.4, -0.2) is 48.4 Å². The second-order valence-electron chi connectivity index (χ2n) is 5.03. The maximum atomic E-state index is 11.9. The highest BCUT2D eigenvalue weighted by molar-refractivity contribution is 7.89. The van der Waals surface area contributed by atoms with Crippen LogP contribution in [0.3, 0.4) is 0 Å². The first-order valence-electron chi connectivity index (χ1n) is 6.18. The van der Waals surface area contributed by atoms with Gasteiger partial charge in [-0.05, 0) is 31.4 Å². The number of pyridine rings is 1. The van der Waals surface area contributed by atoms with E-state index in [2.05, 4.69) is 10.3 Å². The summed E-state index contributed by atoms with van der Waals surface area (Å²) in [7, 11) is -0.639. The van der Waals surface area contributed by atoms with E-state index in [9.17, 15) is 18.3 Å². The van der Waals surface area contributed by atoms with E-state index in [0.717, 1.165) is 10.7 Å². The van der Waals surface area contributed by atoms with E-state index in [1.807, 2.05) is 0 Å². The van der Waals surface area contributed by atoms with Crippen LogP contribution in [-0.2, 0) is 14.8 Å². The van der Waals surface area contributed by atoms with Crippen molar-refractivity contribution in [2.24, 2.45) is 0 Å². The molecule has 8 heteroatoms. The summed E-state index contributed by atoms with van der Waals surface area (Å²) in [6.45, 7) is 0. The van der Waals surface area contributed by atoms with Crippen LogP contribution in [0, 0.1) is 0 Å². The zero-order chi connectivity index (χ0) is 15.0. The summed E-state index contributed by atoms with van der Waals surface area (Å²) in [6.07, 6.45) is 3.17. The summed E-state index contributed by atoms with van der Waals surface area (Å²) < 4.78 is 24.8. The zero-order valence-electron chi connectivity index (χ0n) is 11.3. The quantitative estimate of drug-likeness (QED) is 0.832. The lowest BCUT2D eigenvalue weighted by atomic mass is 9.77. The first-order chi connectivity index (χ1) is 9.28. The minimum Gasteiger partial charge on any atom is -0.480 e. The molecule has 2 N–H and O–H groups in total. The molecule has 1 heterocycles. The number of aliphatic carboxylic acids is 1. The molecule has 0 radical (unpaired) electrons. The number of anilines is 1. The average molecular weight is 299 g/mol. The predicted molar refractivity (Wildman–Crippen MR) is 73.0 cm³/mol. The van der Waals surface area contributed by atoms with Crippen LogP contribution in [0.1, 0.15) is 19.3 Å². The first-order valence-corrected chi connectivity index (χ1v) is 7.62. The summed E-state index contributed by atoms with van der Waals surface area (Å²) in [5.41, 5.74) is -0.963. The molecule has 0 spiro atoms. The maximum absolute atomic E-state index is 11.9. The molecule has 1 fully saturated rings. The number of carboxylic acid groups (broad SMARTS) is 1. The molecular formula is C12H17N3O4S. The van der Waals surface area contributed by atoms with Gasteiger partial charge >= 0.3 is 5.97 Å². The summed E-state index contributed by atoms with van der Waals surface area (Å²) in [6, 6.07) is 2.90. The van der Waals surface area contributed by atoms with Crippen LogP contribution in [0.2, 0.25) is 0 Å². The molecule has 0 saturated heterocycles. The van der Waals surface area contributed by atoms with Crippen molar-refractivity contribution in [2.75, 3.05) is 19.4 Å². The lowest BCUT2D eigenvalue weighted by Gasteiger charge is -2.38. The van der Waals surface area contributed by atoms with E-state index in [1.165, 1.54) is 32.4 Å². The number of hydrogen-bond donors (Lipinski definition) is 2. The van der Waals surface area contributed by atoms with Gasteiger partial charge in [0.25, 0.3) is 0 Å². The van der Waals surface area contributed by atoms with Crippen LogP contribution >= 0.6 is 0 Å². The van der Waals surface area contributed by atoms with Crippen molar-refractivity contribution < 1.29 is 18.3 Å². The Labute approximate surface area is 117 Å². The molecular weight excluding hydrogens is 282 g/mol. The van der Waals surface area contributed by atoms with Gasteiger partial charge in [-0.15, -0.1) is 0 Å². The first kappa shape index (κ1) is 14.7. The van der Waals surface area contributed by atoms with Crippen LogP contribution < -0.4 is 5.32 Å². The average Bonchev–Trinajstić information content (AvgIpc) is 2.33. The number of nitrogens with zero attached hydrogens (tertiary/aromatic N) is 2.